The first-order chi connectivity index (χ1) is 11.1. The Hall–Kier alpha value is -2.37. The Morgan fingerprint density at radius 1 is 0.870 bits per heavy atom. The van der Waals surface area contributed by atoms with Crippen molar-refractivity contribution < 1.29 is 4.39 Å². The van der Waals surface area contributed by atoms with Crippen molar-refractivity contribution in [3.8, 4) is 0 Å². The lowest BCUT2D eigenvalue weighted by Gasteiger charge is -2.10. The fraction of sp³-hybridized carbons (Fsp3) is 0. The van der Waals surface area contributed by atoms with Crippen molar-refractivity contribution in [1.82, 2.24) is 9.97 Å². The van der Waals surface area contributed by atoms with Gasteiger partial charge in [-0.05, 0) is 30.3 Å². The number of anilines is 4. The molecule has 0 aliphatic heterocycles. The van der Waals surface area contributed by atoms with Crippen molar-refractivity contribution in [1.29, 1.82) is 0 Å². The molecule has 0 spiro atoms. The van der Waals surface area contributed by atoms with Crippen LogP contribution in [-0.4, -0.2) is 9.97 Å². The van der Waals surface area contributed by atoms with Crippen LogP contribution in [0, 0.1) is 5.82 Å². The number of halogens is 3. The SMILES string of the molecule is Fc1ccccc1Nc1nccc(Nc2cccc(Cl)c2Cl)n1. The smallest absolute Gasteiger partial charge is 0.229 e. The highest BCUT2D eigenvalue weighted by atomic mass is 35.5. The molecule has 0 atom stereocenters. The lowest BCUT2D eigenvalue weighted by Crippen LogP contribution is -2.01. The second-order valence-corrected chi connectivity index (χ2v) is 5.38. The fourth-order valence-electron chi connectivity index (χ4n) is 1.91. The topological polar surface area (TPSA) is 49.8 Å². The van der Waals surface area contributed by atoms with E-state index in [9.17, 15) is 4.39 Å². The summed E-state index contributed by atoms with van der Waals surface area (Å²) in [5, 5.41) is 6.72. The molecule has 0 saturated heterocycles. The Balaban J connectivity index is 1.83. The van der Waals surface area contributed by atoms with Crippen molar-refractivity contribution in [2.24, 2.45) is 0 Å². The molecule has 4 nitrogen and oxygen atoms in total. The molecule has 0 bridgehead atoms. The summed E-state index contributed by atoms with van der Waals surface area (Å²) < 4.78 is 13.7. The summed E-state index contributed by atoms with van der Waals surface area (Å²) in [5.74, 6) is 0.383. The molecule has 0 radical (unpaired) electrons. The van der Waals surface area contributed by atoms with E-state index in [0.29, 0.717) is 27.2 Å². The summed E-state index contributed by atoms with van der Waals surface area (Å²) in [6.07, 6.45) is 1.55. The van der Waals surface area contributed by atoms with Gasteiger partial charge in [0, 0.05) is 6.20 Å². The van der Waals surface area contributed by atoms with Gasteiger partial charge in [-0.25, -0.2) is 9.37 Å². The molecule has 0 saturated carbocycles. The zero-order chi connectivity index (χ0) is 16.2. The first kappa shape index (κ1) is 15.5. The minimum absolute atomic E-state index is 0.262. The number of aromatic nitrogens is 2. The zero-order valence-electron chi connectivity index (χ0n) is 11.7. The maximum Gasteiger partial charge on any atom is 0.229 e. The molecule has 0 amide bonds. The monoisotopic (exact) mass is 348 g/mol. The standard InChI is InChI=1S/C16H11Cl2FN4/c17-10-4-3-7-13(15(10)18)21-14-8-9-20-16(23-14)22-12-6-2-1-5-11(12)19/h1-9H,(H2,20,21,22,23). The molecule has 1 heterocycles. The molecule has 1 aromatic heterocycles. The van der Waals surface area contributed by atoms with Crippen LogP contribution in [-0.2, 0) is 0 Å². The van der Waals surface area contributed by atoms with E-state index >= 15 is 0 Å². The van der Waals surface area contributed by atoms with Crippen LogP contribution in [0.2, 0.25) is 10.0 Å². The van der Waals surface area contributed by atoms with Crippen LogP contribution in [0.25, 0.3) is 0 Å². The number of hydrogen-bond acceptors (Lipinski definition) is 4. The van der Waals surface area contributed by atoms with Crippen molar-refractivity contribution in [2.45, 2.75) is 0 Å². The number of nitrogens with zero attached hydrogens (tertiary/aromatic N) is 2. The van der Waals surface area contributed by atoms with Gasteiger partial charge in [0.25, 0.3) is 0 Å². The lowest BCUT2D eigenvalue weighted by atomic mass is 10.3. The van der Waals surface area contributed by atoms with Gasteiger partial charge >= 0.3 is 0 Å². The number of rotatable bonds is 4. The summed E-state index contributed by atoms with van der Waals surface area (Å²) in [7, 11) is 0. The van der Waals surface area contributed by atoms with Crippen molar-refractivity contribution in [3.63, 3.8) is 0 Å². The second-order valence-electron chi connectivity index (χ2n) is 4.60. The third-order valence-electron chi connectivity index (χ3n) is 2.99. The average molecular weight is 349 g/mol. The normalized spacial score (nSPS) is 10.4. The highest BCUT2D eigenvalue weighted by molar-refractivity contribution is 6.43. The van der Waals surface area contributed by atoms with E-state index in [0.717, 1.165) is 0 Å². The fourth-order valence-corrected chi connectivity index (χ4v) is 2.26. The number of para-hydroxylation sites is 1. The number of hydrogen-bond donors (Lipinski definition) is 2. The molecule has 3 aromatic rings. The Morgan fingerprint density at radius 3 is 2.48 bits per heavy atom. The average Bonchev–Trinajstić information content (AvgIpc) is 2.55. The highest BCUT2D eigenvalue weighted by Crippen LogP contribution is 2.31. The molecule has 0 fully saturated rings. The summed E-state index contributed by atoms with van der Waals surface area (Å²) in [6.45, 7) is 0. The largest absolute Gasteiger partial charge is 0.339 e. The predicted molar refractivity (Wildman–Crippen MR) is 91.5 cm³/mol. The van der Waals surface area contributed by atoms with Crippen molar-refractivity contribution in [2.75, 3.05) is 10.6 Å². The molecule has 7 heteroatoms. The van der Waals surface area contributed by atoms with E-state index in [4.69, 9.17) is 23.2 Å². The van der Waals surface area contributed by atoms with Gasteiger partial charge in [0.1, 0.15) is 11.6 Å². The van der Waals surface area contributed by atoms with Gasteiger partial charge in [-0.3, -0.25) is 0 Å². The van der Waals surface area contributed by atoms with Crippen LogP contribution >= 0.6 is 23.2 Å². The first-order valence-corrected chi connectivity index (χ1v) is 7.45. The van der Waals surface area contributed by atoms with Crippen LogP contribution in [0.4, 0.5) is 27.5 Å². The van der Waals surface area contributed by atoms with Crippen LogP contribution in [0.15, 0.2) is 54.7 Å². The van der Waals surface area contributed by atoms with Crippen molar-refractivity contribution >= 4 is 46.3 Å². The highest BCUT2D eigenvalue weighted by Gasteiger charge is 2.07. The van der Waals surface area contributed by atoms with E-state index in [2.05, 4.69) is 20.6 Å². The van der Waals surface area contributed by atoms with Crippen LogP contribution in [0.3, 0.4) is 0 Å². The van der Waals surface area contributed by atoms with Crippen molar-refractivity contribution in [3.05, 3.63) is 70.6 Å². The van der Waals surface area contributed by atoms with Gasteiger partial charge < -0.3 is 10.6 Å². The second kappa shape index (κ2) is 6.81. The predicted octanol–water partition coefficient (Wildman–Crippen LogP) is 5.41. The first-order valence-electron chi connectivity index (χ1n) is 6.69. The minimum atomic E-state index is -0.382. The lowest BCUT2D eigenvalue weighted by molar-refractivity contribution is 0.631. The quantitative estimate of drug-likeness (QED) is 0.661. The zero-order valence-corrected chi connectivity index (χ0v) is 13.2. The molecule has 0 unspecified atom stereocenters. The van der Waals surface area contributed by atoms with Gasteiger partial charge in [-0.2, -0.15) is 4.98 Å². The van der Waals surface area contributed by atoms with Gasteiger partial charge in [0.05, 0.1) is 21.4 Å². The molecule has 23 heavy (non-hydrogen) atoms. The maximum absolute atomic E-state index is 13.7. The van der Waals surface area contributed by atoms with Gasteiger partial charge in [0.15, 0.2) is 0 Å². The van der Waals surface area contributed by atoms with Gasteiger partial charge in [-0.15, -0.1) is 0 Å². The molecular weight excluding hydrogens is 338 g/mol. The Bertz CT molecular complexity index is 842. The van der Waals surface area contributed by atoms with E-state index in [1.807, 2.05) is 0 Å². The maximum atomic E-state index is 13.7. The molecule has 0 aliphatic rings. The molecule has 2 N–H and O–H groups in total. The van der Waals surface area contributed by atoms with Gasteiger partial charge in [-0.1, -0.05) is 41.4 Å². The third kappa shape index (κ3) is 3.70. The van der Waals surface area contributed by atoms with E-state index in [1.165, 1.54) is 6.07 Å². The van der Waals surface area contributed by atoms with E-state index in [1.54, 1.807) is 48.7 Å². The Kier molecular flexibility index (Phi) is 4.60. The Morgan fingerprint density at radius 2 is 1.65 bits per heavy atom. The number of benzene rings is 2. The van der Waals surface area contributed by atoms with E-state index in [-0.39, 0.29) is 11.8 Å². The van der Waals surface area contributed by atoms with Crippen LogP contribution < -0.4 is 10.6 Å². The summed E-state index contributed by atoms with van der Waals surface area (Å²) in [5.41, 5.74) is 0.917. The number of nitrogens with one attached hydrogen (secondary N) is 2. The Labute approximate surface area is 142 Å². The minimum Gasteiger partial charge on any atom is -0.339 e. The summed E-state index contributed by atoms with van der Waals surface area (Å²) in [6, 6.07) is 13.2. The van der Waals surface area contributed by atoms with Crippen LogP contribution in [0.1, 0.15) is 0 Å². The van der Waals surface area contributed by atoms with E-state index < -0.39 is 0 Å². The van der Waals surface area contributed by atoms with Crippen LogP contribution in [0.5, 0.6) is 0 Å². The third-order valence-corrected chi connectivity index (χ3v) is 3.81. The molecule has 116 valence electrons. The van der Waals surface area contributed by atoms with Gasteiger partial charge in [0.2, 0.25) is 5.95 Å². The molecular formula is C16H11Cl2FN4. The summed E-state index contributed by atoms with van der Waals surface area (Å²) in [4.78, 5) is 8.34. The molecule has 0 aliphatic carbocycles. The molecule has 2 aromatic carbocycles. The summed E-state index contributed by atoms with van der Waals surface area (Å²) >= 11 is 12.1. The molecule has 3 rings (SSSR count).